The summed E-state index contributed by atoms with van der Waals surface area (Å²) >= 11 is 0. The SMILES string of the molecule is CNC(c1cc(F)ccc1F)C(F)F. The molecule has 0 aliphatic heterocycles. The first kappa shape index (κ1) is 11.0. The summed E-state index contributed by atoms with van der Waals surface area (Å²) in [5, 5.41) is 2.23. The Bertz CT molecular complexity index is 314. The Hall–Kier alpha value is -1.10. The van der Waals surface area contributed by atoms with Crippen molar-refractivity contribution in [3.8, 4) is 0 Å². The lowest BCUT2D eigenvalue weighted by molar-refractivity contribution is 0.100. The maximum Gasteiger partial charge on any atom is 0.257 e. The summed E-state index contributed by atoms with van der Waals surface area (Å²) in [6, 6.07) is 1.00. The quantitative estimate of drug-likeness (QED) is 0.751. The van der Waals surface area contributed by atoms with E-state index in [9.17, 15) is 17.6 Å². The van der Waals surface area contributed by atoms with Crippen LogP contribution in [0.2, 0.25) is 0 Å². The van der Waals surface area contributed by atoms with Gasteiger partial charge < -0.3 is 5.32 Å². The van der Waals surface area contributed by atoms with Crippen molar-refractivity contribution in [2.45, 2.75) is 12.5 Å². The number of hydrogen-bond acceptors (Lipinski definition) is 1. The third-order valence-electron chi connectivity index (χ3n) is 1.86. The third kappa shape index (κ3) is 2.23. The van der Waals surface area contributed by atoms with Crippen molar-refractivity contribution in [3.05, 3.63) is 35.4 Å². The molecule has 0 bridgehead atoms. The van der Waals surface area contributed by atoms with Gasteiger partial charge in [-0.05, 0) is 25.2 Å². The summed E-state index contributed by atoms with van der Waals surface area (Å²) in [4.78, 5) is 0. The lowest BCUT2D eigenvalue weighted by Crippen LogP contribution is -2.24. The summed E-state index contributed by atoms with van der Waals surface area (Å²) in [7, 11) is 1.27. The fourth-order valence-corrected chi connectivity index (χ4v) is 1.17. The summed E-state index contributed by atoms with van der Waals surface area (Å²) in [6.45, 7) is 0. The summed E-state index contributed by atoms with van der Waals surface area (Å²) in [6.07, 6.45) is -2.78. The molecule has 0 radical (unpaired) electrons. The maximum atomic E-state index is 13.0. The van der Waals surface area contributed by atoms with Crippen LogP contribution in [0.25, 0.3) is 0 Å². The molecule has 0 spiro atoms. The zero-order chi connectivity index (χ0) is 10.7. The molecule has 14 heavy (non-hydrogen) atoms. The van der Waals surface area contributed by atoms with E-state index >= 15 is 0 Å². The molecule has 1 aromatic rings. The van der Waals surface area contributed by atoms with Crippen LogP contribution in [-0.4, -0.2) is 13.5 Å². The first-order valence-corrected chi connectivity index (χ1v) is 3.96. The highest BCUT2D eigenvalue weighted by molar-refractivity contribution is 5.22. The van der Waals surface area contributed by atoms with Crippen LogP contribution < -0.4 is 5.32 Å². The average molecular weight is 207 g/mol. The Labute approximate surface area is 78.7 Å². The molecule has 0 aliphatic rings. The average Bonchev–Trinajstić information content (AvgIpc) is 2.11. The van der Waals surface area contributed by atoms with E-state index in [1.54, 1.807) is 0 Å². The predicted octanol–water partition coefficient (Wildman–Crippen LogP) is 2.49. The van der Waals surface area contributed by atoms with Crippen LogP contribution in [0.3, 0.4) is 0 Å². The summed E-state index contributed by atoms with van der Waals surface area (Å²) < 4.78 is 50.4. The number of rotatable bonds is 3. The normalized spacial score (nSPS) is 13.3. The molecule has 1 atom stereocenters. The van der Waals surface area contributed by atoms with Gasteiger partial charge in [0, 0.05) is 5.56 Å². The van der Waals surface area contributed by atoms with Gasteiger partial charge in [-0.3, -0.25) is 0 Å². The van der Waals surface area contributed by atoms with Crippen LogP contribution in [0.4, 0.5) is 17.6 Å². The number of hydrogen-bond donors (Lipinski definition) is 1. The lowest BCUT2D eigenvalue weighted by Gasteiger charge is -2.15. The molecule has 1 unspecified atom stereocenters. The molecule has 0 fully saturated rings. The van der Waals surface area contributed by atoms with E-state index in [2.05, 4.69) is 5.32 Å². The van der Waals surface area contributed by atoms with Crippen LogP contribution in [0.15, 0.2) is 18.2 Å². The van der Waals surface area contributed by atoms with Crippen molar-refractivity contribution < 1.29 is 17.6 Å². The van der Waals surface area contributed by atoms with E-state index in [1.165, 1.54) is 7.05 Å². The van der Waals surface area contributed by atoms with E-state index in [1.807, 2.05) is 0 Å². The van der Waals surface area contributed by atoms with E-state index in [-0.39, 0.29) is 5.56 Å². The Morgan fingerprint density at radius 2 is 1.86 bits per heavy atom. The molecule has 0 heterocycles. The Morgan fingerprint density at radius 3 is 2.36 bits per heavy atom. The molecule has 1 aromatic carbocycles. The second-order valence-corrected chi connectivity index (χ2v) is 2.77. The zero-order valence-electron chi connectivity index (χ0n) is 7.40. The predicted molar refractivity (Wildman–Crippen MR) is 44.2 cm³/mol. The minimum absolute atomic E-state index is 0.359. The van der Waals surface area contributed by atoms with Crippen molar-refractivity contribution in [2.75, 3.05) is 7.05 Å². The molecule has 0 saturated carbocycles. The molecule has 1 rings (SSSR count). The third-order valence-corrected chi connectivity index (χ3v) is 1.86. The standard InChI is InChI=1S/C9H9F4N/c1-14-8(9(12)13)6-4-5(10)2-3-7(6)11/h2-4,8-9,14H,1H3. The van der Waals surface area contributed by atoms with Gasteiger partial charge in [0.15, 0.2) is 0 Å². The Kier molecular flexibility index (Phi) is 3.46. The van der Waals surface area contributed by atoms with Crippen molar-refractivity contribution >= 4 is 0 Å². The first-order valence-electron chi connectivity index (χ1n) is 3.96. The van der Waals surface area contributed by atoms with Gasteiger partial charge in [0.2, 0.25) is 0 Å². The highest BCUT2D eigenvalue weighted by Gasteiger charge is 2.23. The van der Waals surface area contributed by atoms with Gasteiger partial charge in [0.05, 0.1) is 6.04 Å². The van der Waals surface area contributed by atoms with Crippen LogP contribution in [0.5, 0.6) is 0 Å². The van der Waals surface area contributed by atoms with Crippen LogP contribution in [0, 0.1) is 11.6 Å². The Balaban J connectivity index is 3.08. The molecule has 1 N–H and O–H groups in total. The maximum absolute atomic E-state index is 13.0. The topological polar surface area (TPSA) is 12.0 Å². The van der Waals surface area contributed by atoms with Crippen molar-refractivity contribution in [1.82, 2.24) is 5.32 Å². The number of benzene rings is 1. The fourth-order valence-electron chi connectivity index (χ4n) is 1.17. The Morgan fingerprint density at radius 1 is 1.21 bits per heavy atom. The van der Waals surface area contributed by atoms with Gasteiger partial charge in [-0.1, -0.05) is 0 Å². The first-order chi connectivity index (χ1) is 6.56. The number of nitrogens with one attached hydrogen (secondary N) is 1. The molecule has 0 aliphatic carbocycles. The van der Waals surface area contributed by atoms with Gasteiger partial charge in [-0.2, -0.15) is 0 Å². The van der Waals surface area contributed by atoms with Gasteiger partial charge in [0.1, 0.15) is 11.6 Å². The van der Waals surface area contributed by atoms with Crippen molar-refractivity contribution in [1.29, 1.82) is 0 Å². The molecule has 0 amide bonds. The second-order valence-electron chi connectivity index (χ2n) is 2.77. The molecule has 78 valence electrons. The summed E-state index contributed by atoms with van der Waals surface area (Å²) in [5.74, 6) is -1.58. The van der Waals surface area contributed by atoms with Crippen LogP contribution >= 0.6 is 0 Å². The van der Waals surface area contributed by atoms with Crippen molar-refractivity contribution in [2.24, 2.45) is 0 Å². The van der Waals surface area contributed by atoms with Gasteiger partial charge in [0.25, 0.3) is 6.43 Å². The second kappa shape index (κ2) is 4.41. The molecule has 0 aromatic heterocycles. The van der Waals surface area contributed by atoms with Gasteiger partial charge in [-0.25, -0.2) is 17.6 Å². The summed E-state index contributed by atoms with van der Waals surface area (Å²) in [5.41, 5.74) is -0.359. The molecule has 1 nitrogen and oxygen atoms in total. The molecular weight excluding hydrogens is 198 g/mol. The smallest absolute Gasteiger partial charge is 0.257 e. The zero-order valence-corrected chi connectivity index (χ0v) is 7.40. The van der Waals surface area contributed by atoms with Crippen molar-refractivity contribution in [3.63, 3.8) is 0 Å². The van der Waals surface area contributed by atoms with E-state index in [0.29, 0.717) is 0 Å². The van der Waals surface area contributed by atoms with E-state index in [4.69, 9.17) is 0 Å². The van der Waals surface area contributed by atoms with Crippen LogP contribution in [-0.2, 0) is 0 Å². The van der Waals surface area contributed by atoms with Gasteiger partial charge in [-0.15, -0.1) is 0 Å². The molecule has 5 heteroatoms. The largest absolute Gasteiger partial charge is 0.308 e. The highest BCUT2D eigenvalue weighted by Crippen LogP contribution is 2.23. The molecular formula is C9H9F4N. The number of alkyl halides is 2. The van der Waals surface area contributed by atoms with Gasteiger partial charge >= 0.3 is 0 Å². The minimum Gasteiger partial charge on any atom is -0.308 e. The minimum atomic E-state index is -2.78. The van der Waals surface area contributed by atoms with Crippen LogP contribution in [0.1, 0.15) is 11.6 Å². The van der Waals surface area contributed by atoms with E-state index in [0.717, 1.165) is 18.2 Å². The monoisotopic (exact) mass is 207 g/mol. The fraction of sp³-hybridized carbons (Fsp3) is 0.333. The lowest BCUT2D eigenvalue weighted by atomic mass is 10.1. The number of halogens is 4. The highest BCUT2D eigenvalue weighted by atomic mass is 19.3. The van der Waals surface area contributed by atoms with E-state index < -0.39 is 24.1 Å². The molecule has 0 saturated heterocycles.